The van der Waals surface area contributed by atoms with Crippen molar-refractivity contribution in [1.82, 2.24) is 19.4 Å². The predicted octanol–water partition coefficient (Wildman–Crippen LogP) is 3.93. The van der Waals surface area contributed by atoms with E-state index in [4.69, 9.17) is 4.74 Å². The Morgan fingerprint density at radius 2 is 2.00 bits per heavy atom. The maximum absolute atomic E-state index is 12.7. The van der Waals surface area contributed by atoms with E-state index >= 15 is 0 Å². The smallest absolute Gasteiger partial charge is 0.321 e. The van der Waals surface area contributed by atoms with E-state index in [1.807, 2.05) is 49.1 Å². The topological polar surface area (TPSA) is 72.3 Å². The third kappa shape index (κ3) is 3.40. The summed E-state index contributed by atoms with van der Waals surface area (Å²) in [7, 11) is 1.61. The van der Waals surface area contributed by atoms with Crippen LogP contribution < -0.4 is 10.1 Å². The van der Waals surface area contributed by atoms with Gasteiger partial charge >= 0.3 is 6.03 Å². The van der Waals surface area contributed by atoms with Gasteiger partial charge in [0.05, 0.1) is 12.8 Å². The number of piperidine rings is 1. The van der Waals surface area contributed by atoms with Crippen LogP contribution in [0.1, 0.15) is 30.3 Å². The molecule has 146 valence electrons. The minimum absolute atomic E-state index is 0.0901. The summed E-state index contributed by atoms with van der Waals surface area (Å²) in [4.78, 5) is 23.7. The zero-order chi connectivity index (χ0) is 19.7. The Hall–Kier alpha value is -3.09. The molecular weight excluding hydrogens is 354 g/mol. The van der Waals surface area contributed by atoms with Crippen molar-refractivity contribution in [2.75, 3.05) is 25.5 Å². The van der Waals surface area contributed by atoms with E-state index in [2.05, 4.69) is 19.9 Å². The summed E-state index contributed by atoms with van der Waals surface area (Å²) < 4.78 is 7.57. The lowest BCUT2D eigenvalue weighted by Crippen LogP contribution is -2.41. The van der Waals surface area contributed by atoms with Crippen LogP contribution in [0.4, 0.5) is 10.5 Å². The second kappa shape index (κ2) is 7.50. The van der Waals surface area contributed by atoms with Crippen LogP contribution in [0.2, 0.25) is 0 Å². The van der Waals surface area contributed by atoms with Crippen molar-refractivity contribution in [2.45, 2.75) is 32.7 Å². The van der Waals surface area contributed by atoms with E-state index in [9.17, 15) is 4.79 Å². The molecule has 0 bridgehead atoms. The molecule has 7 heteroatoms. The molecule has 3 heterocycles. The van der Waals surface area contributed by atoms with Gasteiger partial charge in [-0.2, -0.15) is 0 Å². The number of anilines is 1. The Labute approximate surface area is 164 Å². The van der Waals surface area contributed by atoms with Crippen molar-refractivity contribution in [2.24, 2.45) is 0 Å². The predicted molar refractivity (Wildman–Crippen MR) is 109 cm³/mol. The maximum atomic E-state index is 12.7. The zero-order valence-corrected chi connectivity index (χ0v) is 16.5. The molecule has 1 fully saturated rings. The summed E-state index contributed by atoms with van der Waals surface area (Å²) in [6, 6.07) is 9.87. The van der Waals surface area contributed by atoms with E-state index in [0.29, 0.717) is 30.6 Å². The summed E-state index contributed by atoms with van der Waals surface area (Å²) in [6.45, 7) is 5.39. The van der Waals surface area contributed by atoms with Gasteiger partial charge in [0, 0.05) is 25.3 Å². The molecule has 0 atom stereocenters. The Balaban J connectivity index is 1.45. The van der Waals surface area contributed by atoms with Crippen LogP contribution in [-0.4, -0.2) is 45.7 Å². The molecule has 0 unspecified atom stereocenters. The summed E-state index contributed by atoms with van der Waals surface area (Å²) in [5, 5.41) is 2.99. The lowest BCUT2D eigenvalue weighted by atomic mass is 10.0. The number of amides is 2. The van der Waals surface area contributed by atoms with Gasteiger partial charge < -0.3 is 19.5 Å². The number of aryl methyl sites for hydroxylation is 2. The molecule has 0 saturated carbocycles. The number of nitrogens with one attached hydrogen (secondary N) is 1. The highest BCUT2D eigenvalue weighted by Gasteiger charge is 2.26. The molecule has 0 spiro atoms. The van der Waals surface area contributed by atoms with Crippen LogP contribution in [0.25, 0.3) is 11.2 Å². The van der Waals surface area contributed by atoms with Crippen LogP contribution in [0.3, 0.4) is 0 Å². The zero-order valence-electron chi connectivity index (χ0n) is 16.5. The van der Waals surface area contributed by atoms with Crippen LogP contribution in [-0.2, 0) is 0 Å². The summed E-state index contributed by atoms with van der Waals surface area (Å²) in [6.07, 6.45) is 3.56. The van der Waals surface area contributed by atoms with E-state index in [0.717, 1.165) is 35.4 Å². The molecule has 2 amide bonds. The summed E-state index contributed by atoms with van der Waals surface area (Å²) in [5.41, 5.74) is 3.62. The number of nitrogens with zero attached hydrogens (tertiary/aromatic N) is 4. The highest BCUT2D eigenvalue weighted by atomic mass is 16.5. The number of benzene rings is 1. The third-order valence-corrected chi connectivity index (χ3v) is 5.34. The van der Waals surface area contributed by atoms with Crippen molar-refractivity contribution in [3.05, 3.63) is 47.9 Å². The Kier molecular flexibility index (Phi) is 4.90. The number of rotatable bonds is 3. The average Bonchev–Trinajstić information content (AvgIpc) is 3.04. The highest BCUT2D eigenvalue weighted by Crippen LogP contribution is 2.29. The SMILES string of the molecule is COc1ccc(C)cc1NC(=O)N1CCC(n2c(C)nc3cccnc32)CC1. The second-order valence-corrected chi connectivity index (χ2v) is 7.23. The lowest BCUT2D eigenvalue weighted by Gasteiger charge is -2.33. The number of likely N-dealkylation sites (tertiary alicyclic amines) is 1. The molecule has 3 aromatic rings. The van der Waals surface area contributed by atoms with Crippen molar-refractivity contribution in [3.63, 3.8) is 0 Å². The quantitative estimate of drug-likeness (QED) is 0.748. The number of hydrogen-bond donors (Lipinski definition) is 1. The lowest BCUT2D eigenvalue weighted by molar-refractivity contribution is 0.184. The molecule has 0 aliphatic carbocycles. The van der Waals surface area contributed by atoms with Crippen LogP contribution >= 0.6 is 0 Å². The third-order valence-electron chi connectivity index (χ3n) is 5.34. The van der Waals surface area contributed by atoms with Gasteiger partial charge in [0.15, 0.2) is 5.65 Å². The number of aromatic nitrogens is 3. The van der Waals surface area contributed by atoms with Crippen LogP contribution in [0, 0.1) is 13.8 Å². The van der Waals surface area contributed by atoms with Crippen molar-refractivity contribution in [1.29, 1.82) is 0 Å². The highest BCUT2D eigenvalue weighted by molar-refractivity contribution is 5.91. The van der Waals surface area contributed by atoms with Gasteiger partial charge in [0.2, 0.25) is 0 Å². The molecule has 28 heavy (non-hydrogen) atoms. The first-order valence-corrected chi connectivity index (χ1v) is 9.57. The van der Waals surface area contributed by atoms with Gasteiger partial charge in [-0.1, -0.05) is 6.07 Å². The van der Waals surface area contributed by atoms with Gasteiger partial charge in [-0.15, -0.1) is 0 Å². The van der Waals surface area contributed by atoms with Gasteiger partial charge in [-0.3, -0.25) is 0 Å². The van der Waals surface area contributed by atoms with Crippen LogP contribution in [0.15, 0.2) is 36.5 Å². The summed E-state index contributed by atoms with van der Waals surface area (Å²) in [5.74, 6) is 1.64. The first-order chi connectivity index (χ1) is 13.6. The first-order valence-electron chi connectivity index (χ1n) is 9.57. The average molecular weight is 379 g/mol. The maximum Gasteiger partial charge on any atom is 0.321 e. The number of carbonyl (C=O) groups is 1. The molecular formula is C21H25N5O2. The van der Waals surface area contributed by atoms with E-state index in [1.165, 1.54) is 0 Å². The minimum Gasteiger partial charge on any atom is -0.495 e. The number of urea groups is 1. The number of carbonyl (C=O) groups excluding carboxylic acids is 1. The Bertz CT molecular complexity index is 1010. The molecule has 1 aliphatic heterocycles. The standard InChI is InChI=1S/C21H25N5O2/c1-14-6-7-19(28-3)18(13-14)24-21(27)25-11-8-16(9-12-25)26-15(2)23-17-5-4-10-22-20(17)26/h4-7,10,13,16H,8-9,11-12H2,1-3H3,(H,24,27). The van der Waals surface area contributed by atoms with Crippen LogP contribution in [0.5, 0.6) is 5.75 Å². The van der Waals surface area contributed by atoms with E-state index < -0.39 is 0 Å². The summed E-state index contributed by atoms with van der Waals surface area (Å²) >= 11 is 0. The van der Waals surface area contributed by atoms with Crippen molar-refractivity contribution in [3.8, 4) is 5.75 Å². The van der Waals surface area contributed by atoms with Gasteiger partial charge in [-0.25, -0.2) is 14.8 Å². The molecule has 4 rings (SSSR count). The van der Waals surface area contributed by atoms with Gasteiger partial charge in [-0.05, 0) is 56.5 Å². The second-order valence-electron chi connectivity index (χ2n) is 7.23. The number of fused-ring (bicyclic) bond motifs is 1. The molecule has 1 N–H and O–H groups in total. The fourth-order valence-electron chi connectivity index (χ4n) is 3.92. The van der Waals surface area contributed by atoms with E-state index in [-0.39, 0.29) is 6.03 Å². The Morgan fingerprint density at radius 3 is 2.75 bits per heavy atom. The fourth-order valence-corrected chi connectivity index (χ4v) is 3.92. The normalized spacial score (nSPS) is 15.0. The largest absolute Gasteiger partial charge is 0.495 e. The molecule has 0 radical (unpaired) electrons. The molecule has 7 nitrogen and oxygen atoms in total. The monoisotopic (exact) mass is 379 g/mol. The number of imidazole rings is 1. The molecule has 1 aromatic carbocycles. The van der Waals surface area contributed by atoms with Crippen molar-refractivity contribution < 1.29 is 9.53 Å². The van der Waals surface area contributed by atoms with Crippen molar-refractivity contribution >= 4 is 22.9 Å². The Morgan fingerprint density at radius 1 is 1.21 bits per heavy atom. The van der Waals surface area contributed by atoms with E-state index in [1.54, 1.807) is 13.3 Å². The minimum atomic E-state index is -0.0901. The molecule has 1 saturated heterocycles. The number of hydrogen-bond acceptors (Lipinski definition) is 4. The number of methoxy groups -OCH3 is 1. The molecule has 1 aliphatic rings. The first kappa shape index (κ1) is 18.3. The van der Waals surface area contributed by atoms with Gasteiger partial charge in [0.25, 0.3) is 0 Å². The fraction of sp³-hybridized carbons (Fsp3) is 0.381. The number of pyridine rings is 1. The van der Waals surface area contributed by atoms with Gasteiger partial charge in [0.1, 0.15) is 17.1 Å². The number of ether oxygens (including phenoxy) is 1. The molecule has 2 aromatic heterocycles.